The Morgan fingerprint density at radius 1 is 1.36 bits per heavy atom. The van der Waals surface area contributed by atoms with E-state index in [2.05, 4.69) is 6.07 Å². The Morgan fingerprint density at radius 2 is 2.07 bits per heavy atom. The van der Waals surface area contributed by atoms with Crippen LogP contribution in [0.5, 0.6) is 0 Å². The highest BCUT2D eigenvalue weighted by Gasteiger charge is 2.30. The minimum Gasteiger partial charge on any atom is -0.311 e. The predicted octanol–water partition coefficient (Wildman–Crippen LogP) is 1.56. The number of hydrogen-bond acceptors (Lipinski definition) is 2. The van der Waals surface area contributed by atoms with Crippen LogP contribution < -0.4 is 4.90 Å². The van der Waals surface area contributed by atoms with Gasteiger partial charge in [0, 0.05) is 18.7 Å². The van der Waals surface area contributed by atoms with E-state index in [1.807, 2.05) is 30.3 Å². The molecule has 1 atom stereocenters. The lowest BCUT2D eigenvalue weighted by Crippen LogP contribution is -2.24. The number of carbonyl (C=O) groups is 1. The average Bonchev–Trinajstić information content (AvgIpc) is 2.61. The van der Waals surface area contributed by atoms with Gasteiger partial charge in [-0.15, -0.1) is 0 Å². The molecule has 1 amide bonds. The van der Waals surface area contributed by atoms with Gasteiger partial charge in [-0.3, -0.25) is 4.79 Å². The van der Waals surface area contributed by atoms with Gasteiger partial charge in [-0.25, -0.2) is 0 Å². The molecule has 3 heteroatoms. The summed E-state index contributed by atoms with van der Waals surface area (Å²) in [5.41, 5.74) is 0.884. The molecule has 1 saturated heterocycles. The van der Waals surface area contributed by atoms with Crippen molar-refractivity contribution >= 4 is 11.6 Å². The fourth-order valence-corrected chi connectivity index (χ4v) is 1.65. The van der Waals surface area contributed by atoms with E-state index in [4.69, 9.17) is 5.26 Å². The normalized spacial score (nSPS) is 20.9. The van der Waals surface area contributed by atoms with Crippen LogP contribution in [-0.2, 0) is 4.79 Å². The molecule has 1 aliphatic rings. The van der Waals surface area contributed by atoms with Gasteiger partial charge in [0.25, 0.3) is 0 Å². The summed E-state index contributed by atoms with van der Waals surface area (Å²) in [6.45, 7) is 0.527. The molecule has 1 heterocycles. The standard InChI is InChI=1S/C11H10N2O/c12-7-9-6-11(14)13(8-9)10-4-2-1-3-5-10/h1-5,9H,6,8H2/t9-/m0/s1. The SMILES string of the molecule is N#C[C@@H]1CC(=O)N(c2ccccc2)C1. The van der Waals surface area contributed by atoms with E-state index < -0.39 is 0 Å². The van der Waals surface area contributed by atoms with Gasteiger partial charge in [0.2, 0.25) is 5.91 Å². The van der Waals surface area contributed by atoms with E-state index in [1.165, 1.54) is 0 Å². The van der Waals surface area contributed by atoms with E-state index in [-0.39, 0.29) is 11.8 Å². The van der Waals surface area contributed by atoms with Crippen LogP contribution in [0.25, 0.3) is 0 Å². The number of anilines is 1. The summed E-state index contributed by atoms with van der Waals surface area (Å²) >= 11 is 0. The van der Waals surface area contributed by atoms with Gasteiger partial charge in [0.05, 0.1) is 12.0 Å². The zero-order chi connectivity index (χ0) is 9.97. The maximum Gasteiger partial charge on any atom is 0.228 e. The molecule has 1 fully saturated rings. The monoisotopic (exact) mass is 186 g/mol. The molecule has 14 heavy (non-hydrogen) atoms. The lowest BCUT2D eigenvalue weighted by atomic mass is 10.1. The highest BCUT2D eigenvalue weighted by Crippen LogP contribution is 2.23. The highest BCUT2D eigenvalue weighted by molar-refractivity contribution is 5.96. The van der Waals surface area contributed by atoms with Crippen molar-refractivity contribution in [1.82, 2.24) is 0 Å². The quantitative estimate of drug-likeness (QED) is 0.668. The third-order valence-electron chi connectivity index (χ3n) is 2.38. The third-order valence-corrected chi connectivity index (χ3v) is 2.38. The smallest absolute Gasteiger partial charge is 0.228 e. The summed E-state index contributed by atoms with van der Waals surface area (Å²) in [4.78, 5) is 13.2. The maximum absolute atomic E-state index is 11.5. The number of nitriles is 1. The largest absolute Gasteiger partial charge is 0.311 e. The summed E-state index contributed by atoms with van der Waals surface area (Å²) in [5.74, 6) is -0.106. The molecule has 0 bridgehead atoms. The van der Waals surface area contributed by atoms with Gasteiger partial charge in [0.15, 0.2) is 0 Å². The number of nitrogens with zero attached hydrogens (tertiary/aromatic N) is 2. The van der Waals surface area contributed by atoms with Crippen molar-refractivity contribution in [3.05, 3.63) is 30.3 Å². The van der Waals surface area contributed by atoms with Crippen molar-refractivity contribution in [2.24, 2.45) is 5.92 Å². The van der Waals surface area contributed by atoms with Crippen LogP contribution in [0, 0.1) is 17.2 Å². The maximum atomic E-state index is 11.5. The lowest BCUT2D eigenvalue weighted by Gasteiger charge is -2.14. The topological polar surface area (TPSA) is 44.1 Å². The van der Waals surface area contributed by atoms with Gasteiger partial charge in [0.1, 0.15) is 0 Å². The molecule has 0 aliphatic carbocycles. The molecule has 3 nitrogen and oxygen atoms in total. The molecule has 0 spiro atoms. The van der Waals surface area contributed by atoms with E-state index >= 15 is 0 Å². The van der Waals surface area contributed by atoms with Crippen LogP contribution >= 0.6 is 0 Å². The molecule has 1 aromatic carbocycles. The molecule has 0 radical (unpaired) electrons. The minimum atomic E-state index is -0.150. The van der Waals surface area contributed by atoms with E-state index in [0.717, 1.165) is 5.69 Å². The molecule has 70 valence electrons. The Bertz CT molecular complexity index is 380. The zero-order valence-electron chi connectivity index (χ0n) is 7.68. The minimum absolute atomic E-state index is 0.0442. The summed E-state index contributed by atoms with van der Waals surface area (Å²) in [5, 5.41) is 8.72. The summed E-state index contributed by atoms with van der Waals surface area (Å²) in [6.07, 6.45) is 0.353. The van der Waals surface area contributed by atoms with Crippen molar-refractivity contribution in [3.8, 4) is 6.07 Å². The van der Waals surface area contributed by atoms with Gasteiger partial charge in [-0.1, -0.05) is 18.2 Å². The molecule has 2 rings (SSSR count). The van der Waals surface area contributed by atoms with Gasteiger partial charge in [-0.05, 0) is 12.1 Å². The summed E-state index contributed by atoms with van der Waals surface area (Å²) in [6, 6.07) is 11.6. The number of carbonyl (C=O) groups excluding carboxylic acids is 1. The van der Waals surface area contributed by atoms with Crippen LogP contribution in [0.2, 0.25) is 0 Å². The van der Waals surface area contributed by atoms with Crippen LogP contribution in [0.1, 0.15) is 6.42 Å². The van der Waals surface area contributed by atoms with Crippen molar-refractivity contribution in [3.63, 3.8) is 0 Å². The number of rotatable bonds is 1. The Labute approximate surface area is 82.6 Å². The number of para-hydroxylation sites is 1. The third kappa shape index (κ3) is 1.47. The first-order chi connectivity index (χ1) is 6.81. The Hall–Kier alpha value is -1.82. The molecule has 1 aliphatic heterocycles. The van der Waals surface area contributed by atoms with Crippen LogP contribution in [0.3, 0.4) is 0 Å². The van der Waals surface area contributed by atoms with Gasteiger partial charge >= 0.3 is 0 Å². The molecule has 1 aromatic rings. The van der Waals surface area contributed by atoms with Crippen molar-refractivity contribution in [2.45, 2.75) is 6.42 Å². The first-order valence-corrected chi connectivity index (χ1v) is 4.56. The van der Waals surface area contributed by atoms with Crippen molar-refractivity contribution in [2.75, 3.05) is 11.4 Å². The molecular weight excluding hydrogens is 176 g/mol. The Balaban J connectivity index is 2.22. The lowest BCUT2D eigenvalue weighted by molar-refractivity contribution is -0.117. The summed E-state index contributed by atoms with van der Waals surface area (Å²) in [7, 11) is 0. The van der Waals surface area contributed by atoms with E-state index in [1.54, 1.807) is 4.90 Å². The first kappa shape index (κ1) is 8.76. The summed E-state index contributed by atoms with van der Waals surface area (Å²) < 4.78 is 0. The second kappa shape index (κ2) is 3.51. The molecule has 0 unspecified atom stereocenters. The second-order valence-electron chi connectivity index (χ2n) is 3.37. The Morgan fingerprint density at radius 3 is 2.64 bits per heavy atom. The van der Waals surface area contributed by atoms with Gasteiger partial charge in [-0.2, -0.15) is 5.26 Å². The number of amides is 1. The Kier molecular flexibility index (Phi) is 2.19. The zero-order valence-corrected chi connectivity index (χ0v) is 7.68. The number of benzene rings is 1. The van der Waals surface area contributed by atoms with Crippen LogP contribution in [-0.4, -0.2) is 12.5 Å². The number of hydrogen-bond donors (Lipinski definition) is 0. The molecular formula is C11H10N2O. The fourth-order valence-electron chi connectivity index (χ4n) is 1.65. The average molecular weight is 186 g/mol. The van der Waals surface area contributed by atoms with Crippen LogP contribution in [0.15, 0.2) is 30.3 Å². The van der Waals surface area contributed by atoms with E-state index in [0.29, 0.717) is 13.0 Å². The first-order valence-electron chi connectivity index (χ1n) is 4.56. The van der Waals surface area contributed by atoms with Crippen molar-refractivity contribution in [1.29, 1.82) is 5.26 Å². The van der Waals surface area contributed by atoms with Crippen LogP contribution in [0.4, 0.5) is 5.69 Å². The molecule has 0 saturated carbocycles. The fraction of sp³-hybridized carbons (Fsp3) is 0.273. The van der Waals surface area contributed by atoms with E-state index in [9.17, 15) is 4.79 Å². The second-order valence-corrected chi connectivity index (χ2v) is 3.37. The highest BCUT2D eigenvalue weighted by atomic mass is 16.2. The van der Waals surface area contributed by atoms with Gasteiger partial charge < -0.3 is 4.90 Å². The predicted molar refractivity (Wildman–Crippen MR) is 52.5 cm³/mol. The molecule has 0 N–H and O–H groups in total. The van der Waals surface area contributed by atoms with Crippen molar-refractivity contribution < 1.29 is 4.79 Å². The molecule has 0 aromatic heterocycles.